The molecular weight excluding hydrogens is 238 g/mol. The van der Waals surface area contributed by atoms with Crippen LogP contribution in [0.5, 0.6) is 0 Å². The largest absolute Gasteiger partial charge is 1.00 e. The zero-order valence-electron chi connectivity index (χ0n) is 10.4. The van der Waals surface area contributed by atoms with Gasteiger partial charge < -0.3 is 10.7 Å². The first-order chi connectivity index (χ1) is 8.18. The summed E-state index contributed by atoms with van der Waals surface area (Å²) in [5, 5.41) is 12.0. The standard InChI is InChI=1S/C14H12FN2.Na/c1-10-12(15)8-5-9-13(10)17-14(16)11-6-3-2-4-7-11;/h2-9H,1H3,(H-,16,17);/q-1;+1. The van der Waals surface area contributed by atoms with Crippen molar-refractivity contribution in [1.29, 1.82) is 5.41 Å². The van der Waals surface area contributed by atoms with Crippen molar-refractivity contribution in [3.05, 3.63) is 70.8 Å². The van der Waals surface area contributed by atoms with Gasteiger partial charge in [-0.1, -0.05) is 48.3 Å². The van der Waals surface area contributed by atoms with Crippen LogP contribution in [0.3, 0.4) is 0 Å². The van der Waals surface area contributed by atoms with Crippen molar-refractivity contribution in [3.8, 4) is 0 Å². The number of rotatable bonds is 2. The third-order valence-corrected chi connectivity index (χ3v) is 2.52. The van der Waals surface area contributed by atoms with E-state index in [-0.39, 0.29) is 41.2 Å². The molecule has 2 nitrogen and oxygen atoms in total. The van der Waals surface area contributed by atoms with Gasteiger partial charge in [0.15, 0.2) is 0 Å². The number of halogens is 1. The SMILES string of the molecule is Cc1c(F)cccc1[N-]C(=N)c1ccccc1.[Na+]. The second-order valence-electron chi connectivity index (χ2n) is 3.71. The minimum absolute atomic E-state index is 0. The molecule has 2 aromatic carbocycles. The Morgan fingerprint density at radius 2 is 1.72 bits per heavy atom. The molecule has 0 radical (unpaired) electrons. The van der Waals surface area contributed by atoms with E-state index in [9.17, 15) is 4.39 Å². The first-order valence-electron chi connectivity index (χ1n) is 5.29. The zero-order chi connectivity index (χ0) is 12.3. The fourth-order valence-corrected chi connectivity index (χ4v) is 1.50. The molecule has 0 atom stereocenters. The van der Waals surface area contributed by atoms with Gasteiger partial charge in [0, 0.05) is 0 Å². The van der Waals surface area contributed by atoms with Gasteiger partial charge in [-0.15, -0.1) is 0 Å². The van der Waals surface area contributed by atoms with Gasteiger partial charge >= 0.3 is 29.6 Å². The molecule has 0 spiro atoms. The Bertz CT molecular complexity index is 541. The van der Waals surface area contributed by atoms with Crippen molar-refractivity contribution in [3.63, 3.8) is 0 Å². The third-order valence-electron chi connectivity index (χ3n) is 2.52. The molecule has 0 bridgehead atoms. The minimum atomic E-state index is -0.299. The molecule has 18 heavy (non-hydrogen) atoms. The van der Waals surface area contributed by atoms with Crippen molar-refractivity contribution in [1.82, 2.24) is 0 Å². The molecule has 2 aromatic rings. The van der Waals surface area contributed by atoms with E-state index < -0.39 is 0 Å². The van der Waals surface area contributed by atoms with E-state index in [1.807, 2.05) is 18.2 Å². The first-order valence-corrected chi connectivity index (χ1v) is 5.29. The van der Waals surface area contributed by atoms with Gasteiger partial charge in [-0.25, -0.2) is 4.39 Å². The molecule has 0 aliphatic heterocycles. The Morgan fingerprint density at radius 1 is 1.06 bits per heavy atom. The summed E-state index contributed by atoms with van der Waals surface area (Å²) in [4.78, 5) is 0. The zero-order valence-corrected chi connectivity index (χ0v) is 12.4. The van der Waals surface area contributed by atoms with Crippen LogP contribution in [0.25, 0.3) is 5.32 Å². The number of hydrogen-bond acceptors (Lipinski definition) is 1. The normalized spacial score (nSPS) is 9.44. The summed E-state index contributed by atoms with van der Waals surface area (Å²) >= 11 is 0. The Kier molecular flexibility index (Phi) is 5.54. The number of hydrogen-bond donors (Lipinski definition) is 1. The first kappa shape index (κ1) is 14.9. The summed E-state index contributed by atoms with van der Waals surface area (Å²) in [5.74, 6) is -0.161. The van der Waals surface area contributed by atoms with Gasteiger partial charge in [0.1, 0.15) is 5.82 Å². The van der Waals surface area contributed by atoms with Gasteiger partial charge in [-0.2, -0.15) is 0 Å². The molecule has 0 aliphatic carbocycles. The van der Waals surface area contributed by atoms with Crippen LogP contribution in [-0.4, -0.2) is 5.84 Å². The summed E-state index contributed by atoms with van der Waals surface area (Å²) in [5.41, 5.74) is 1.68. The maximum atomic E-state index is 13.3. The molecule has 0 aliphatic rings. The fourth-order valence-electron chi connectivity index (χ4n) is 1.50. The summed E-state index contributed by atoms with van der Waals surface area (Å²) in [6.45, 7) is 1.66. The van der Waals surface area contributed by atoms with Gasteiger partial charge in [0.2, 0.25) is 0 Å². The summed E-state index contributed by atoms with van der Waals surface area (Å²) in [6.07, 6.45) is 0. The van der Waals surface area contributed by atoms with E-state index in [1.165, 1.54) is 6.07 Å². The van der Waals surface area contributed by atoms with Crippen LogP contribution >= 0.6 is 0 Å². The number of amidine groups is 1. The van der Waals surface area contributed by atoms with Gasteiger partial charge in [0.05, 0.1) is 0 Å². The van der Waals surface area contributed by atoms with Crippen LogP contribution in [0.1, 0.15) is 11.1 Å². The molecular formula is C14H12FN2Na. The van der Waals surface area contributed by atoms with Gasteiger partial charge in [0.25, 0.3) is 0 Å². The molecule has 2 rings (SSSR count). The number of nitrogens with one attached hydrogen (secondary N) is 1. The molecule has 0 aromatic heterocycles. The average molecular weight is 250 g/mol. The maximum Gasteiger partial charge on any atom is 1.00 e. The smallest absolute Gasteiger partial charge is 0.482 e. The van der Waals surface area contributed by atoms with E-state index in [2.05, 4.69) is 5.32 Å². The average Bonchev–Trinajstić information content (AvgIpc) is 2.36. The second kappa shape index (κ2) is 6.69. The Hall–Kier alpha value is -1.16. The molecule has 86 valence electrons. The number of nitrogens with zero attached hydrogens (tertiary/aromatic N) is 1. The van der Waals surface area contributed by atoms with Crippen LogP contribution < -0.4 is 29.6 Å². The molecule has 4 heteroatoms. The summed E-state index contributed by atoms with van der Waals surface area (Å²) < 4.78 is 13.3. The Labute approximate surface area is 128 Å². The van der Waals surface area contributed by atoms with Crippen LogP contribution in [0.4, 0.5) is 10.1 Å². The monoisotopic (exact) mass is 250 g/mol. The number of benzene rings is 2. The molecule has 0 fully saturated rings. The van der Waals surface area contributed by atoms with Crippen molar-refractivity contribution >= 4 is 11.5 Å². The Morgan fingerprint density at radius 3 is 2.39 bits per heavy atom. The Balaban J connectivity index is 0.00000162. The fraction of sp³-hybridized carbons (Fsp3) is 0.0714. The van der Waals surface area contributed by atoms with Crippen molar-refractivity contribution in [2.24, 2.45) is 0 Å². The third kappa shape index (κ3) is 3.42. The van der Waals surface area contributed by atoms with Crippen molar-refractivity contribution < 1.29 is 33.9 Å². The molecule has 0 unspecified atom stereocenters. The van der Waals surface area contributed by atoms with Crippen LogP contribution in [-0.2, 0) is 0 Å². The minimum Gasteiger partial charge on any atom is -0.482 e. The van der Waals surface area contributed by atoms with E-state index in [0.29, 0.717) is 11.3 Å². The molecule has 1 N–H and O–H groups in total. The van der Waals surface area contributed by atoms with Crippen molar-refractivity contribution in [2.45, 2.75) is 6.92 Å². The second-order valence-corrected chi connectivity index (χ2v) is 3.71. The van der Waals surface area contributed by atoms with E-state index in [0.717, 1.165) is 5.56 Å². The van der Waals surface area contributed by atoms with E-state index in [4.69, 9.17) is 5.41 Å². The predicted octanol–water partition coefficient (Wildman–Crippen LogP) is 1.17. The van der Waals surface area contributed by atoms with E-state index >= 15 is 0 Å². The molecule has 0 amide bonds. The molecule has 0 saturated heterocycles. The van der Waals surface area contributed by atoms with E-state index in [1.54, 1.807) is 31.2 Å². The predicted molar refractivity (Wildman–Crippen MR) is 67.4 cm³/mol. The van der Waals surface area contributed by atoms with Gasteiger partial charge in [-0.05, 0) is 29.8 Å². The van der Waals surface area contributed by atoms with Crippen molar-refractivity contribution in [2.75, 3.05) is 0 Å². The summed E-state index contributed by atoms with van der Waals surface area (Å²) in [7, 11) is 0. The van der Waals surface area contributed by atoms with Gasteiger partial charge in [-0.3, -0.25) is 0 Å². The quantitative estimate of drug-likeness (QED) is 0.472. The summed E-state index contributed by atoms with van der Waals surface area (Å²) in [6, 6.07) is 13.9. The van der Waals surface area contributed by atoms with Crippen LogP contribution in [0.15, 0.2) is 48.5 Å². The topological polar surface area (TPSA) is 38.0 Å². The molecule has 0 heterocycles. The van der Waals surface area contributed by atoms with Crippen LogP contribution in [0.2, 0.25) is 0 Å². The molecule has 0 saturated carbocycles. The van der Waals surface area contributed by atoms with Crippen LogP contribution in [0, 0.1) is 18.2 Å². The maximum absolute atomic E-state index is 13.3.